The Morgan fingerprint density at radius 3 is 2.15 bits per heavy atom. The monoisotopic (exact) mass is 334 g/mol. The van der Waals surface area contributed by atoms with Crippen molar-refractivity contribution in [2.45, 2.75) is 70.6 Å². The molecular formula is C15H34N2S2Si. The molecule has 0 saturated carbocycles. The fourth-order valence-electron chi connectivity index (χ4n) is 2.65. The molecule has 0 saturated heterocycles. The molecule has 0 unspecified atom stereocenters. The topological polar surface area (TPSA) is 38.0 Å². The minimum atomic E-state index is -0.853. The highest BCUT2D eigenvalue weighted by Gasteiger charge is 2.25. The van der Waals surface area contributed by atoms with E-state index in [9.17, 15) is 0 Å². The average molecular weight is 335 g/mol. The van der Waals surface area contributed by atoms with E-state index in [1.165, 1.54) is 48.9 Å². The number of hydrogen-bond acceptors (Lipinski definition) is 2. The molecule has 120 valence electrons. The third-order valence-electron chi connectivity index (χ3n) is 4.51. The first-order valence-electron chi connectivity index (χ1n) is 8.21. The molecule has 0 heterocycles. The van der Waals surface area contributed by atoms with Gasteiger partial charge in [-0.3, -0.25) is 0 Å². The van der Waals surface area contributed by atoms with Crippen LogP contribution in [-0.2, 0) is 0 Å². The van der Waals surface area contributed by atoms with Crippen LogP contribution in [0.5, 0.6) is 0 Å². The molecule has 2 nitrogen and oxygen atoms in total. The lowest BCUT2D eigenvalue weighted by Crippen LogP contribution is -2.30. The maximum Gasteiger partial charge on any atom is 0.163 e. The summed E-state index contributed by atoms with van der Waals surface area (Å²) in [5.41, 5.74) is 5.37. The van der Waals surface area contributed by atoms with E-state index in [0.29, 0.717) is 5.11 Å². The van der Waals surface area contributed by atoms with Crippen LogP contribution in [0.4, 0.5) is 0 Å². The first-order valence-corrected chi connectivity index (χ1v) is 12.6. The van der Waals surface area contributed by atoms with Gasteiger partial charge >= 0.3 is 0 Å². The van der Waals surface area contributed by atoms with Crippen molar-refractivity contribution in [1.82, 2.24) is 5.32 Å². The first kappa shape index (κ1) is 20.3. The van der Waals surface area contributed by atoms with Crippen LogP contribution in [0.2, 0.25) is 24.2 Å². The van der Waals surface area contributed by atoms with Gasteiger partial charge in [0.25, 0.3) is 0 Å². The molecule has 0 aliphatic carbocycles. The Labute approximate surface area is 137 Å². The summed E-state index contributed by atoms with van der Waals surface area (Å²) >= 11 is 6.83. The number of nitrogens with two attached hydrogens (primary N) is 1. The maximum atomic E-state index is 5.37. The van der Waals surface area contributed by atoms with Crippen molar-refractivity contribution in [1.29, 1.82) is 0 Å². The van der Waals surface area contributed by atoms with E-state index in [2.05, 4.69) is 37.8 Å². The van der Waals surface area contributed by atoms with Gasteiger partial charge in [0.1, 0.15) is 0 Å². The minimum absolute atomic E-state index is 0.422. The molecule has 3 N–H and O–H groups in total. The largest absolute Gasteiger partial charge is 0.376 e. The van der Waals surface area contributed by atoms with Crippen LogP contribution in [0, 0.1) is 0 Å². The second-order valence-corrected chi connectivity index (χ2v) is 12.9. The number of hydrogen-bond donors (Lipinski definition) is 2. The van der Waals surface area contributed by atoms with Crippen LogP contribution in [0.1, 0.15) is 46.5 Å². The predicted octanol–water partition coefficient (Wildman–Crippen LogP) is 4.62. The molecule has 20 heavy (non-hydrogen) atoms. The summed E-state index contributed by atoms with van der Waals surface area (Å²) in [5.74, 6) is 2.53. The predicted molar refractivity (Wildman–Crippen MR) is 103 cm³/mol. The summed E-state index contributed by atoms with van der Waals surface area (Å²) < 4.78 is 0. The van der Waals surface area contributed by atoms with E-state index in [0.717, 1.165) is 13.0 Å². The van der Waals surface area contributed by atoms with E-state index < -0.39 is 8.07 Å². The van der Waals surface area contributed by atoms with Gasteiger partial charge in [0, 0.05) is 6.54 Å². The molecule has 0 amide bonds. The van der Waals surface area contributed by atoms with E-state index >= 15 is 0 Å². The average Bonchev–Trinajstić information content (AvgIpc) is 2.45. The number of thiocarbonyl (C=S) groups is 1. The van der Waals surface area contributed by atoms with Crippen LogP contribution in [-0.4, -0.2) is 31.2 Å². The van der Waals surface area contributed by atoms with Crippen LogP contribution in [0.25, 0.3) is 0 Å². The van der Waals surface area contributed by atoms with Gasteiger partial charge in [0.2, 0.25) is 0 Å². The molecular weight excluding hydrogens is 300 g/mol. The van der Waals surface area contributed by atoms with Crippen LogP contribution in [0.3, 0.4) is 0 Å². The zero-order valence-electron chi connectivity index (χ0n) is 13.7. The van der Waals surface area contributed by atoms with Gasteiger partial charge in [-0.2, -0.15) is 11.8 Å². The lowest BCUT2D eigenvalue weighted by Gasteiger charge is -2.27. The van der Waals surface area contributed by atoms with E-state index in [1.54, 1.807) is 6.04 Å². The molecule has 0 radical (unpaired) electrons. The van der Waals surface area contributed by atoms with Gasteiger partial charge in [-0.15, -0.1) is 0 Å². The molecule has 0 aromatic carbocycles. The second-order valence-electron chi connectivity index (χ2n) is 5.63. The van der Waals surface area contributed by atoms with Gasteiger partial charge in [-0.1, -0.05) is 57.8 Å². The van der Waals surface area contributed by atoms with Crippen molar-refractivity contribution in [3.8, 4) is 0 Å². The normalized spacial score (nSPS) is 11.6. The SMILES string of the molecule is CC[Si](CC)(CC)CCCCCSCCCNC(N)=S. The Balaban J connectivity index is 3.38. The van der Waals surface area contributed by atoms with Crippen molar-refractivity contribution in [3.63, 3.8) is 0 Å². The highest BCUT2D eigenvalue weighted by atomic mass is 32.2. The van der Waals surface area contributed by atoms with Gasteiger partial charge < -0.3 is 11.1 Å². The summed E-state index contributed by atoms with van der Waals surface area (Å²) in [6, 6.07) is 5.99. The summed E-state index contributed by atoms with van der Waals surface area (Å²) in [6.45, 7) is 8.16. The number of rotatable bonds is 13. The minimum Gasteiger partial charge on any atom is -0.376 e. The zero-order valence-corrected chi connectivity index (χ0v) is 16.3. The standard InChI is InChI=1S/C15H34N2S2Si/c1-4-20(5-2,6-3)14-9-7-8-12-19-13-10-11-17-15(16)18/h4-14H2,1-3H3,(H3,16,17,18). The van der Waals surface area contributed by atoms with Gasteiger partial charge in [-0.05, 0) is 36.6 Å². The molecule has 0 bridgehead atoms. The smallest absolute Gasteiger partial charge is 0.163 e. The quantitative estimate of drug-likeness (QED) is 0.293. The number of thioether (sulfide) groups is 1. The molecule has 0 aromatic rings. The lowest BCUT2D eigenvalue weighted by atomic mass is 10.3. The summed E-state index contributed by atoms with van der Waals surface area (Å²) in [4.78, 5) is 0. The Morgan fingerprint density at radius 1 is 1.00 bits per heavy atom. The van der Waals surface area contributed by atoms with Crippen LogP contribution in [0.15, 0.2) is 0 Å². The molecule has 0 rings (SSSR count). The fourth-order valence-corrected chi connectivity index (χ4v) is 7.27. The summed E-state index contributed by atoms with van der Waals surface area (Å²) in [7, 11) is -0.853. The fraction of sp³-hybridized carbons (Fsp3) is 0.933. The van der Waals surface area contributed by atoms with Gasteiger partial charge in [-0.25, -0.2) is 0 Å². The van der Waals surface area contributed by atoms with Gasteiger partial charge in [0.05, 0.1) is 8.07 Å². The second kappa shape index (κ2) is 13.0. The Bertz CT molecular complexity index is 238. The van der Waals surface area contributed by atoms with Crippen molar-refractivity contribution in [2.24, 2.45) is 5.73 Å². The summed E-state index contributed by atoms with van der Waals surface area (Å²) in [6.07, 6.45) is 5.42. The number of nitrogens with one attached hydrogen (secondary N) is 1. The van der Waals surface area contributed by atoms with E-state index in [4.69, 9.17) is 18.0 Å². The van der Waals surface area contributed by atoms with Crippen molar-refractivity contribution >= 4 is 37.2 Å². The van der Waals surface area contributed by atoms with Crippen LogP contribution < -0.4 is 11.1 Å². The molecule has 0 fully saturated rings. The Morgan fingerprint density at radius 2 is 1.60 bits per heavy atom. The van der Waals surface area contributed by atoms with Crippen LogP contribution >= 0.6 is 24.0 Å². The highest BCUT2D eigenvalue weighted by molar-refractivity contribution is 7.99. The maximum absolute atomic E-state index is 5.37. The third-order valence-corrected chi connectivity index (χ3v) is 11.7. The summed E-state index contributed by atoms with van der Waals surface area (Å²) in [5, 5.41) is 3.41. The van der Waals surface area contributed by atoms with Crippen molar-refractivity contribution in [3.05, 3.63) is 0 Å². The molecule has 0 aliphatic rings. The third kappa shape index (κ3) is 10.1. The molecule has 0 aliphatic heterocycles. The molecule has 0 spiro atoms. The first-order chi connectivity index (χ1) is 9.60. The van der Waals surface area contributed by atoms with E-state index in [-0.39, 0.29) is 0 Å². The molecule has 0 aromatic heterocycles. The van der Waals surface area contributed by atoms with Crippen molar-refractivity contribution < 1.29 is 0 Å². The number of unbranched alkanes of at least 4 members (excludes halogenated alkanes) is 2. The van der Waals surface area contributed by atoms with Crippen molar-refractivity contribution in [2.75, 3.05) is 18.1 Å². The lowest BCUT2D eigenvalue weighted by molar-refractivity contribution is 0.761. The van der Waals surface area contributed by atoms with Gasteiger partial charge in [0.15, 0.2) is 5.11 Å². The highest BCUT2D eigenvalue weighted by Crippen LogP contribution is 2.27. The Hall–Kier alpha value is 0.257. The molecule has 5 heteroatoms. The molecule has 0 atom stereocenters. The zero-order chi connectivity index (χ0) is 15.3. The Kier molecular flexibility index (Phi) is 13.1. The van der Waals surface area contributed by atoms with E-state index in [1.807, 2.05) is 0 Å².